The largest absolute Gasteiger partial charge is 0.437 e. The van der Waals surface area contributed by atoms with Crippen LogP contribution in [0.1, 0.15) is 45.2 Å². The van der Waals surface area contributed by atoms with Crippen molar-refractivity contribution < 1.29 is 9.21 Å². The van der Waals surface area contributed by atoms with E-state index in [2.05, 4.69) is 32.6 Å². The van der Waals surface area contributed by atoms with Gasteiger partial charge in [-0.3, -0.25) is 4.79 Å². The van der Waals surface area contributed by atoms with Crippen LogP contribution < -0.4 is 4.90 Å². The van der Waals surface area contributed by atoms with Gasteiger partial charge in [-0.15, -0.1) is 0 Å². The Morgan fingerprint density at radius 2 is 1.94 bits per heavy atom. The van der Waals surface area contributed by atoms with Crippen LogP contribution in [0.25, 0.3) is 0 Å². The van der Waals surface area contributed by atoms with Crippen molar-refractivity contribution in [3.8, 4) is 0 Å². The van der Waals surface area contributed by atoms with Gasteiger partial charge >= 0.3 is 0 Å². The van der Waals surface area contributed by atoms with E-state index in [-0.39, 0.29) is 5.78 Å². The van der Waals surface area contributed by atoms with Crippen LogP contribution in [0.3, 0.4) is 0 Å². The zero-order valence-electron chi connectivity index (χ0n) is 10.8. The molecule has 0 fully saturated rings. The Morgan fingerprint density at radius 1 is 1.31 bits per heavy atom. The summed E-state index contributed by atoms with van der Waals surface area (Å²) in [5.41, 5.74) is 0. The molecule has 0 saturated carbocycles. The zero-order chi connectivity index (χ0) is 12.3. The Morgan fingerprint density at radius 3 is 2.31 bits per heavy atom. The first-order valence-corrected chi connectivity index (χ1v) is 5.79. The van der Waals surface area contributed by atoms with Crippen molar-refractivity contribution in [3.05, 3.63) is 17.9 Å². The smallest absolute Gasteiger partial charge is 0.196 e. The predicted octanol–water partition coefficient (Wildman–Crippen LogP) is 3.35. The average molecular weight is 223 g/mol. The summed E-state index contributed by atoms with van der Waals surface area (Å²) in [5.74, 6) is 1.76. The number of furan rings is 1. The van der Waals surface area contributed by atoms with Crippen LogP contribution in [0.2, 0.25) is 0 Å². The maximum atomic E-state index is 11.2. The van der Waals surface area contributed by atoms with E-state index in [4.69, 9.17) is 4.42 Å². The Kier molecular flexibility index (Phi) is 4.16. The highest BCUT2D eigenvalue weighted by Gasteiger charge is 2.16. The van der Waals surface area contributed by atoms with Crippen molar-refractivity contribution in [2.45, 2.75) is 40.7 Å². The van der Waals surface area contributed by atoms with Crippen LogP contribution >= 0.6 is 0 Å². The second kappa shape index (κ2) is 5.19. The molecule has 1 rings (SSSR count). The van der Waals surface area contributed by atoms with Gasteiger partial charge in [0.25, 0.3) is 0 Å². The summed E-state index contributed by atoms with van der Waals surface area (Å²) in [6.07, 6.45) is 0. The molecule has 0 aliphatic carbocycles. The quantitative estimate of drug-likeness (QED) is 0.718. The van der Waals surface area contributed by atoms with Gasteiger partial charge in [-0.05, 0) is 25.8 Å². The lowest BCUT2D eigenvalue weighted by molar-refractivity contribution is 0.0987. The van der Waals surface area contributed by atoms with E-state index in [1.165, 1.54) is 6.92 Å². The van der Waals surface area contributed by atoms with Crippen molar-refractivity contribution in [1.29, 1.82) is 0 Å². The molecule has 3 nitrogen and oxygen atoms in total. The van der Waals surface area contributed by atoms with E-state index in [1.807, 2.05) is 6.07 Å². The molecule has 0 spiro atoms. The highest BCUT2D eigenvalue weighted by Crippen LogP contribution is 2.22. The van der Waals surface area contributed by atoms with E-state index in [0.717, 1.165) is 12.4 Å². The van der Waals surface area contributed by atoms with Gasteiger partial charge in [0.15, 0.2) is 17.4 Å². The maximum absolute atomic E-state index is 11.2. The molecule has 3 heteroatoms. The van der Waals surface area contributed by atoms with Gasteiger partial charge in [-0.1, -0.05) is 13.8 Å². The molecule has 0 bridgehead atoms. The molecule has 90 valence electrons. The maximum Gasteiger partial charge on any atom is 0.196 e. The monoisotopic (exact) mass is 223 g/mol. The van der Waals surface area contributed by atoms with E-state index in [1.54, 1.807) is 6.07 Å². The average Bonchev–Trinajstić information content (AvgIpc) is 2.61. The van der Waals surface area contributed by atoms with Crippen LogP contribution in [0.4, 0.5) is 5.88 Å². The van der Waals surface area contributed by atoms with Gasteiger partial charge in [-0.25, -0.2) is 0 Å². The number of ketones is 1. The summed E-state index contributed by atoms with van der Waals surface area (Å²) in [6, 6.07) is 3.99. The lowest BCUT2D eigenvalue weighted by Crippen LogP contribution is -2.33. The molecule has 1 aromatic rings. The first-order chi connectivity index (χ1) is 7.41. The summed E-state index contributed by atoms with van der Waals surface area (Å²) >= 11 is 0. The van der Waals surface area contributed by atoms with Gasteiger partial charge in [0.1, 0.15) is 0 Å². The zero-order valence-corrected chi connectivity index (χ0v) is 10.8. The number of carbonyl (C=O) groups excluding carboxylic acids is 1. The number of nitrogens with zero attached hydrogens (tertiary/aromatic N) is 1. The van der Waals surface area contributed by atoms with Gasteiger partial charge in [0.05, 0.1) is 0 Å². The van der Waals surface area contributed by atoms with Crippen LogP contribution in [0.15, 0.2) is 16.5 Å². The standard InChI is InChI=1S/C13H21NO2/c1-9(2)8-14(10(3)4)13-7-6-12(16-13)11(5)15/h6-7,9-10H,8H2,1-5H3. The Hall–Kier alpha value is -1.25. The van der Waals surface area contributed by atoms with Crippen LogP contribution in [0, 0.1) is 5.92 Å². The van der Waals surface area contributed by atoms with Gasteiger partial charge < -0.3 is 9.32 Å². The Labute approximate surface area is 97.4 Å². The first-order valence-electron chi connectivity index (χ1n) is 5.79. The molecule has 1 aromatic heterocycles. The lowest BCUT2D eigenvalue weighted by Gasteiger charge is -2.27. The third kappa shape index (κ3) is 3.12. The third-order valence-corrected chi connectivity index (χ3v) is 2.41. The number of Topliss-reactive ketones (excluding diaryl/α,β-unsaturated/α-hetero) is 1. The fourth-order valence-electron chi connectivity index (χ4n) is 1.62. The fourth-order valence-corrected chi connectivity index (χ4v) is 1.62. The fraction of sp³-hybridized carbons (Fsp3) is 0.615. The Bertz CT molecular complexity index is 353. The SMILES string of the molecule is CC(=O)c1ccc(N(CC(C)C)C(C)C)o1. The summed E-state index contributed by atoms with van der Waals surface area (Å²) in [5, 5.41) is 0. The molecular weight excluding hydrogens is 202 g/mol. The highest BCUT2D eigenvalue weighted by molar-refractivity contribution is 5.91. The second-order valence-corrected chi connectivity index (χ2v) is 4.83. The van der Waals surface area contributed by atoms with Gasteiger partial charge in [0, 0.05) is 25.6 Å². The van der Waals surface area contributed by atoms with Crippen LogP contribution in [-0.2, 0) is 0 Å². The molecule has 16 heavy (non-hydrogen) atoms. The van der Waals surface area contributed by atoms with Gasteiger partial charge in [0.2, 0.25) is 0 Å². The van der Waals surface area contributed by atoms with E-state index in [0.29, 0.717) is 17.7 Å². The molecule has 1 heterocycles. The molecule has 0 radical (unpaired) electrons. The summed E-state index contributed by atoms with van der Waals surface area (Å²) in [4.78, 5) is 13.3. The number of anilines is 1. The highest BCUT2D eigenvalue weighted by atomic mass is 16.4. The van der Waals surface area contributed by atoms with Crippen LogP contribution in [0.5, 0.6) is 0 Å². The first kappa shape index (κ1) is 12.8. The summed E-state index contributed by atoms with van der Waals surface area (Å²) in [6.45, 7) is 11.0. The van der Waals surface area contributed by atoms with Crippen molar-refractivity contribution >= 4 is 11.7 Å². The number of hydrogen-bond acceptors (Lipinski definition) is 3. The molecule has 0 aliphatic heterocycles. The summed E-state index contributed by atoms with van der Waals surface area (Å²) < 4.78 is 5.55. The van der Waals surface area contributed by atoms with Crippen molar-refractivity contribution in [3.63, 3.8) is 0 Å². The minimum Gasteiger partial charge on any atom is -0.437 e. The number of hydrogen-bond donors (Lipinski definition) is 0. The second-order valence-electron chi connectivity index (χ2n) is 4.83. The number of carbonyl (C=O) groups is 1. The van der Waals surface area contributed by atoms with E-state index in [9.17, 15) is 4.79 Å². The Balaban J connectivity index is 2.88. The minimum absolute atomic E-state index is 0.0282. The van der Waals surface area contributed by atoms with Crippen molar-refractivity contribution in [2.24, 2.45) is 5.92 Å². The molecule has 0 unspecified atom stereocenters. The van der Waals surface area contributed by atoms with Crippen LogP contribution in [-0.4, -0.2) is 18.4 Å². The number of rotatable bonds is 5. The molecular formula is C13H21NO2. The van der Waals surface area contributed by atoms with E-state index >= 15 is 0 Å². The van der Waals surface area contributed by atoms with E-state index < -0.39 is 0 Å². The molecule has 0 N–H and O–H groups in total. The molecule has 0 amide bonds. The van der Waals surface area contributed by atoms with Crippen molar-refractivity contribution in [2.75, 3.05) is 11.4 Å². The lowest BCUT2D eigenvalue weighted by atomic mass is 10.2. The molecule has 0 aromatic carbocycles. The molecule has 0 saturated heterocycles. The predicted molar refractivity (Wildman–Crippen MR) is 66.0 cm³/mol. The third-order valence-electron chi connectivity index (χ3n) is 2.41. The summed E-state index contributed by atoms with van der Waals surface area (Å²) in [7, 11) is 0. The molecule has 0 aliphatic rings. The topological polar surface area (TPSA) is 33.5 Å². The van der Waals surface area contributed by atoms with Crippen molar-refractivity contribution in [1.82, 2.24) is 0 Å². The molecule has 0 atom stereocenters. The minimum atomic E-state index is -0.0282. The van der Waals surface area contributed by atoms with Gasteiger partial charge in [-0.2, -0.15) is 0 Å². The normalized spacial score (nSPS) is 11.2.